The number of benzene rings is 5. The van der Waals surface area contributed by atoms with Gasteiger partial charge in [0.2, 0.25) is 0 Å². The highest BCUT2D eigenvalue weighted by Gasteiger charge is 2.42. The second-order valence-electron chi connectivity index (χ2n) is 20.6. The van der Waals surface area contributed by atoms with Crippen LogP contribution >= 0.6 is 22.7 Å². The van der Waals surface area contributed by atoms with Crippen LogP contribution in [0.2, 0.25) is 0 Å². The van der Waals surface area contributed by atoms with Crippen molar-refractivity contribution < 1.29 is 9.84 Å². The smallest absolute Gasteiger partial charge is 0.119 e. The molecule has 2 aromatic heterocycles. The number of ether oxygens (including phenoxy) is 1. The quantitative estimate of drug-likeness (QED) is 0.0411. The summed E-state index contributed by atoms with van der Waals surface area (Å²) >= 11 is 3.49. The SMILES string of the molecule is CCCCCCN(CCCCCC)c1ccc(/C=C/c2ccc(C#Cc3ccc4c(c3)C(CCCC)(CCCC)c3cc(C#Cc5ccc(/C=C/c6ccc(N(CC)CCOc7ccc(O)cc7)cc6)s5)ccc3-4)s2)cc1. The van der Waals surface area contributed by atoms with Crippen molar-refractivity contribution in [1.29, 1.82) is 0 Å². The minimum Gasteiger partial charge on any atom is -0.508 e. The summed E-state index contributed by atoms with van der Waals surface area (Å²) in [4.78, 5) is 9.46. The van der Waals surface area contributed by atoms with Gasteiger partial charge >= 0.3 is 0 Å². The molecule has 2 heterocycles. The molecule has 7 aromatic rings. The lowest BCUT2D eigenvalue weighted by Gasteiger charge is -2.33. The zero-order chi connectivity index (χ0) is 53.7. The number of likely N-dealkylation sites (N-methyl/N-ethyl adjacent to an activating group) is 1. The van der Waals surface area contributed by atoms with E-state index in [9.17, 15) is 5.11 Å². The zero-order valence-corrected chi connectivity index (χ0v) is 48.1. The van der Waals surface area contributed by atoms with Gasteiger partial charge in [-0.3, -0.25) is 0 Å². The Morgan fingerprint density at radius 1 is 0.468 bits per heavy atom. The van der Waals surface area contributed by atoms with Gasteiger partial charge in [0, 0.05) is 57.3 Å². The number of rotatable bonds is 27. The fraction of sp³-hybridized carbons (Fsp3) is 0.352. The Labute approximate surface area is 470 Å². The van der Waals surface area contributed by atoms with Gasteiger partial charge in [-0.15, -0.1) is 22.7 Å². The molecule has 0 aliphatic heterocycles. The molecule has 6 heteroatoms. The molecule has 0 fully saturated rings. The molecule has 398 valence electrons. The van der Waals surface area contributed by atoms with Crippen LogP contribution in [-0.2, 0) is 5.41 Å². The lowest BCUT2D eigenvalue weighted by atomic mass is 9.70. The van der Waals surface area contributed by atoms with Crippen molar-refractivity contribution in [2.75, 3.05) is 42.6 Å². The molecule has 0 unspecified atom stereocenters. The highest BCUT2D eigenvalue weighted by Crippen LogP contribution is 2.54. The topological polar surface area (TPSA) is 35.9 Å². The maximum Gasteiger partial charge on any atom is 0.119 e. The van der Waals surface area contributed by atoms with E-state index < -0.39 is 0 Å². The number of phenolic OH excluding ortho intramolecular Hbond substituents is 1. The van der Waals surface area contributed by atoms with Crippen molar-refractivity contribution in [2.24, 2.45) is 0 Å². The summed E-state index contributed by atoms with van der Waals surface area (Å²) in [6.45, 7) is 15.9. The van der Waals surface area contributed by atoms with E-state index in [0.717, 1.165) is 84.1 Å². The third-order valence-corrected chi connectivity index (χ3v) is 16.9. The molecule has 4 nitrogen and oxygen atoms in total. The van der Waals surface area contributed by atoms with Crippen LogP contribution in [0.4, 0.5) is 11.4 Å². The van der Waals surface area contributed by atoms with Gasteiger partial charge in [0.1, 0.15) is 18.1 Å². The Kier molecular flexibility index (Phi) is 21.4. The second kappa shape index (κ2) is 29.2. The molecule has 5 aromatic carbocycles. The number of nitrogens with zero attached hydrogens (tertiary/aromatic N) is 2. The normalized spacial score (nSPS) is 12.3. The van der Waals surface area contributed by atoms with E-state index in [-0.39, 0.29) is 11.2 Å². The summed E-state index contributed by atoms with van der Waals surface area (Å²) in [6, 6.07) is 47.4. The molecular weight excluding hydrogens is 977 g/mol. The van der Waals surface area contributed by atoms with Gasteiger partial charge in [0.15, 0.2) is 0 Å². The first-order valence-electron chi connectivity index (χ1n) is 28.8. The van der Waals surface area contributed by atoms with Gasteiger partial charge in [0.25, 0.3) is 0 Å². The van der Waals surface area contributed by atoms with E-state index in [1.807, 2.05) is 0 Å². The molecule has 0 saturated heterocycles. The first-order valence-corrected chi connectivity index (χ1v) is 30.5. The monoisotopic (exact) mass is 1060 g/mol. The molecule has 1 aliphatic carbocycles. The molecule has 8 rings (SSSR count). The average molecular weight is 1060 g/mol. The minimum atomic E-state index is -0.0657. The van der Waals surface area contributed by atoms with Gasteiger partial charge in [-0.1, -0.05) is 164 Å². The molecule has 0 atom stereocenters. The Morgan fingerprint density at radius 2 is 0.948 bits per heavy atom. The summed E-state index contributed by atoms with van der Waals surface area (Å²) in [7, 11) is 0. The predicted molar refractivity (Wildman–Crippen MR) is 335 cm³/mol. The molecular formula is C71H80N2O2S2. The second-order valence-corrected chi connectivity index (χ2v) is 22.8. The average Bonchev–Trinajstić information content (AvgIpc) is 4.24. The van der Waals surface area contributed by atoms with E-state index in [1.165, 1.54) is 113 Å². The van der Waals surface area contributed by atoms with Gasteiger partial charge in [0.05, 0.1) is 16.3 Å². The minimum absolute atomic E-state index is 0.0657. The van der Waals surface area contributed by atoms with Crippen LogP contribution in [0.3, 0.4) is 0 Å². The number of aromatic hydroxyl groups is 1. The van der Waals surface area contributed by atoms with Gasteiger partial charge in [-0.2, -0.15) is 0 Å². The van der Waals surface area contributed by atoms with Crippen LogP contribution in [-0.4, -0.2) is 37.9 Å². The van der Waals surface area contributed by atoms with Crippen LogP contribution in [0.1, 0.15) is 177 Å². The van der Waals surface area contributed by atoms with Crippen LogP contribution in [0.15, 0.2) is 133 Å². The van der Waals surface area contributed by atoms with Crippen molar-refractivity contribution in [2.45, 2.75) is 130 Å². The summed E-state index contributed by atoms with van der Waals surface area (Å²) in [5, 5.41) is 9.56. The maximum absolute atomic E-state index is 9.56. The first kappa shape index (κ1) is 56.5. The Bertz CT molecular complexity index is 3110. The van der Waals surface area contributed by atoms with E-state index in [4.69, 9.17) is 4.74 Å². The molecule has 0 spiro atoms. The number of hydrogen-bond acceptors (Lipinski definition) is 6. The van der Waals surface area contributed by atoms with Crippen molar-refractivity contribution in [3.8, 4) is 46.3 Å². The van der Waals surface area contributed by atoms with Gasteiger partial charge in [-0.25, -0.2) is 0 Å². The predicted octanol–water partition coefficient (Wildman–Crippen LogP) is 19.2. The molecule has 77 heavy (non-hydrogen) atoms. The van der Waals surface area contributed by atoms with Crippen LogP contribution in [0.25, 0.3) is 35.4 Å². The standard InChI is InChI=1S/C71H80N2O2S2/c1-6-11-15-17-49-73(50-18-16-12-7-2)60-31-21-56(22-32-60)24-38-64-42-44-66(77-64)40-26-58-28-46-68-67-45-27-57(53-69(67)71(47-13-8-3,48-14-9-4)70(68)54-58)25-39-65-43-41-63(76-65)37-23-55-19-29-59(30-20-55)72(10-5)51-52-75-62-35-33-61(74)34-36-62/h19-24,27-38,41-46,53-54,74H,6-18,47-52H2,1-5H3/b37-23+,38-24+. The lowest BCUT2D eigenvalue weighted by Crippen LogP contribution is -2.27. The third kappa shape index (κ3) is 15.7. The fourth-order valence-corrected chi connectivity index (χ4v) is 12.2. The third-order valence-electron chi connectivity index (χ3n) is 15.0. The number of unbranched alkanes of at least 4 members (excludes halogenated alkanes) is 8. The van der Waals surface area contributed by atoms with E-state index in [1.54, 1.807) is 46.9 Å². The zero-order valence-electron chi connectivity index (χ0n) is 46.5. The van der Waals surface area contributed by atoms with E-state index in [2.05, 4.69) is 202 Å². The molecule has 1 N–H and O–H groups in total. The Morgan fingerprint density at radius 3 is 1.42 bits per heavy atom. The van der Waals surface area contributed by atoms with Gasteiger partial charge < -0.3 is 19.6 Å². The molecule has 0 radical (unpaired) electrons. The number of fused-ring (bicyclic) bond motifs is 3. The molecule has 0 amide bonds. The fourth-order valence-electron chi connectivity index (χ4n) is 10.6. The van der Waals surface area contributed by atoms with Crippen molar-refractivity contribution in [3.05, 3.63) is 186 Å². The Balaban J connectivity index is 0.921. The number of anilines is 2. The lowest BCUT2D eigenvalue weighted by molar-refractivity contribution is 0.323. The van der Waals surface area contributed by atoms with Crippen molar-refractivity contribution >= 4 is 58.4 Å². The molecule has 0 bridgehead atoms. The van der Waals surface area contributed by atoms with Crippen LogP contribution in [0.5, 0.6) is 11.5 Å². The highest BCUT2D eigenvalue weighted by molar-refractivity contribution is 7.13. The largest absolute Gasteiger partial charge is 0.508 e. The van der Waals surface area contributed by atoms with Gasteiger partial charge in [-0.05, 0) is 175 Å². The maximum atomic E-state index is 9.56. The first-order chi connectivity index (χ1) is 37.8. The molecule has 1 aliphatic rings. The Hall–Kier alpha value is -6.70. The molecule has 0 saturated carbocycles. The van der Waals surface area contributed by atoms with Crippen LogP contribution in [0, 0.1) is 23.7 Å². The summed E-state index contributed by atoms with van der Waals surface area (Å²) in [5.74, 6) is 15.3. The van der Waals surface area contributed by atoms with E-state index >= 15 is 0 Å². The summed E-state index contributed by atoms with van der Waals surface area (Å²) in [6.07, 6.45) is 26.1. The highest BCUT2D eigenvalue weighted by atomic mass is 32.1. The summed E-state index contributed by atoms with van der Waals surface area (Å²) < 4.78 is 5.91. The van der Waals surface area contributed by atoms with Crippen LogP contribution < -0.4 is 14.5 Å². The number of phenols is 1. The van der Waals surface area contributed by atoms with E-state index in [0.29, 0.717) is 6.61 Å². The van der Waals surface area contributed by atoms with Crippen molar-refractivity contribution in [1.82, 2.24) is 0 Å². The number of thiophene rings is 2. The summed E-state index contributed by atoms with van der Waals surface area (Å²) in [5.41, 5.74) is 12.5. The number of hydrogen-bond donors (Lipinski definition) is 1. The van der Waals surface area contributed by atoms with Crippen molar-refractivity contribution in [3.63, 3.8) is 0 Å².